The summed E-state index contributed by atoms with van der Waals surface area (Å²) in [6.45, 7) is 3.91. The third kappa shape index (κ3) is 3.93. The normalized spacial score (nSPS) is 16.9. The van der Waals surface area contributed by atoms with E-state index in [0.717, 1.165) is 11.4 Å². The Morgan fingerprint density at radius 2 is 2.04 bits per heavy atom. The highest BCUT2D eigenvalue weighted by Crippen LogP contribution is 2.26. The maximum atomic E-state index is 12.7. The average Bonchev–Trinajstić information content (AvgIpc) is 3.17. The number of anilines is 2. The molecule has 3 heterocycles. The molecule has 1 aliphatic heterocycles. The first-order valence-electron chi connectivity index (χ1n) is 8.94. The Bertz CT molecular complexity index is 966. The van der Waals surface area contributed by atoms with Gasteiger partial charge in [-0.25, -0.2) is 9.78 Å². The lowest BCUT2D eigenvalue weighted by Crippen LogP contribution is -2.55. The van der Waals surface area contributed by atoms with Crippen molar-refractivity contribution in [3.63, 3.8) is 0 Å². The van der Waals surface area contributed by atoms with Gasteiger partial charge in [-0.05, 0) is 19.1 Å². The highest BCUT2D eigenvalue weighted by Gasteiger charge is 2.29. The van der Waals surface area contributed by atoms with Gasteiger partial charge in [0.05, 0.1) is 5.02 Å². The van der Waals surface area contributed by atoms with Crippen molar-refractivity contribution in [2.24, 2.45) is 0 Å². The van der Waals surface area contributed by atoms with Gasteiger partial charge in [-0.2, -0.15) is 9.36 Å². The van der Waals surface area contributed by atoms with Gasteiger partial charge in [-0.15, -0.1) is 0 Å². The minimum atomic E-state index is -0.171. The van der Waals surface area contributed by atoms with E-state index < -0.39 is 0 Å². The number of halogens is 1. The standard InChI is InChI=1S/C19H19ClN6OS/c1-13-12-25(17-15(20)8-5-9-21-17)10-11-26(13)19(27)23-18-22-16(24-28-18)14-6-3-2-4-7-14/h2-9,13H,10-12H2,1H3,(H,22,23,24,27)/t13-/m1/s1. The summed E-state index contributed by atoms with van der Waals surface area (Å²) in [5.74, 6) is 1.37. The fourth-order valence-corrected chi connectivity index (χ4v) is 4.02. The molecule has 0 saturated carbocycles. The van der Waals surface area contributed by atoms with Crippen LogP contribution in [0.1, 0.15) is 6.92 Å². The van der Waals surface area contributed by atoms with Gasteiger partial charge in [0.25, 0.3) is 0 Å². The number of carbonyl (C=O) groups is 1. The lowest BCUT2D eigenvalue weighted by Gasteiger charge is -2.40. The lowest BCUT2D eigenvalue weighted by atomic mass is 10.2. The SMILES string of the molecule is C[C@@H]1CN(c2ncccc2Cl)CCN1C(=O)Nc1nc(-c2ccccc2)ns1. The second-order valence-corrected chi connectivity index (χ2v) is 7.68. The van der Waals surface area contributed by atoms with E-state index in [0.29, 0.717) is 35.6 Å². The number of nitrogens with one attached hydrogen (secondary N) is 1. The van der Waals surface area contributed by atoms with E-state index in [1.165, 1.54) is 11.5 Å². The molecule has 144 valence electrons. The molecule has 0 spiro atoms. The number of rotatable bonds is 3. The molecule has 4 rings (SSSR count). The summed E-state index contributed by atoms with van der Waals surface area (Å²) in [6.07, 6.45) is 1.73. The zero-order valence-corrected chi connectivity index (χ0v) is 16.8. The molecule has 28 heavy (non-hydrogen) atoms. The Morgan fingerprint density at radius 3 is 2.79 bits per heavy atom. The maximum Gasteiger partial charge on any atom is 0.324 e. The van der Waals surface area contributed by atoms with Crippen LogP contribution in [0.5, 0.6) is 0 Å². The number of carbonyl (C=O) groups excluding carboxylic acids is 1. The second-order valence-electron chi connectivity index (χ2n) is 6.52. The predicted molar refractivity (Wildman–Crippen MR) is 112 cm³/mol. The summed E-state index contributed by atoms with van der Waals surface area (Å²) < 4.78 is 4.33. The van der Waals surface area contributed by atoms with E-state index in [-0.39, 0.29) is 12.1 Å². The fraction of sp³-hybridized carbons (Fsp3) is 0.263. The first kappa shape index (κ1) is 18.6. The number of hydrogen-bond acceptors (Lipinski definition) is 6. The summed E-state index contributed by atoms with van der Waals surface area (Å²) in [4.78, 5) is 25.4. The minimum absolute atomic E-state index is 0.00772. The van der Waals surface area contributed by atoms with Gasteiger partial charge in [0, 0.05) is 49.0 Å². The number of aromatic nitrogens is 3. The van der Waals surface area contributed by atoms with Crippen molar-refractivity contribution in [3.8, 4) is 11.4 Å². The molecule has 0 aliphatic carbocycles. The molecule has 9 heteroatoms. The molecule has 1 aliphatic rings. The van der Waals surface area contributed by atoms with Crippen molar-refractivity contribution in [1.29, 1.82) is 0 Å². The summed E-state index contributed by atoms with van der Waals surface area (Å²) in [5.41, 5.74) is 0.925. The van der Waals surface area contributed by atoms with Gasteiger partial charge < -0.3 is 9.80 Å². The van der Waals surface area contributed by atoms with Crippen molar-refractivity contribution < 1.29 is 4.79 Å². The summed E-state index contributed by atoms with van der Waals surface area (Å²) in [5, 5.41) is 3.98. The van der Waals surface area contributed by atoms with Gasteiger partial charge in [0.15, 0.2) is 5.82 Å². The van der Waals surface area contributed by atoms with Crippen molar-refractivity contribution in [3.05, 3.63) is 53.7 Å². The van der Waals surface area contributed by atoms with E-state index in [1.807, 2.05) is 49.4 Å². The monoisotopic (exact) mass is 414 g/mol. The molecular weight excluding hydrogens is 396 g/mol. The van der Waals surface area contributed by atoms with Crippen molar-refractivity contribution >= 4 is 40.1 Å². The molecule has 2 aromatic heterocycles. The zero-order valence-electron chi connectivity index (χ0n) is 15.2. The third-order valence-electron chi connectivity index (χ3n) is 4.60. The van der Waals surface area contributed by atoms with Crippen molar-refractivity contribution in [1.82, 2.24) is 19.2 Å². The van der Waals surface area contributed by atoms with Gasteiger partial charge >= 0.3 is 6.03 Å². The van der Waals surface area contributed by atoms with Crippen LogP contribution in [0.25, 0.3) is 11.4 Å². The van der Waals surface area contributed by atoms with Crippen LogP contribution in [-0.2, 0) is 0 Å². The predicted octanol–water partition coefficient (Wildman–Crippen LogP) is 4.00. The van der Waals surface area contributed by atoms with Gasteiger partial charge in [-0.3, -0.25) is 5.32 Å². The van der Waals surface area contributed by atoms with E-state index in [4.69, 9.17) is 11.6 Å². The Hall–Kier alpha value is -2.71. The Balaban J connectivity index is 1.40. The Labute approximate surface area is 172 Å². The van der Waals surface area contributed by atoms with Gasteiger partial charge in [0.2, 0.25) is 5.13 Å². The lowest BCUT2D eigenvalue weighted by molar-refractivity contribution is 0.184. The molecule has 2 amide bonds. The molecule has 1 fully saturated rings. The van der Waals surface area contributed by atoms with Crippen LogP contribution >= 0.6 is 23.1 Å². The van der Waals surface area contributed by atoms with E-state index >= 15 is 0 Å². The number of amides is 2. The molecule has 1 saturated heterocycles. The largest absolute Gasteiger partial charge is 0.352 e. The van der Waals surface area contributed by atoms with Crippen LogP contribution < -0.4 is 10.2 Å². The van der Waals surface area contributed by atoms with Crippen molar-refractivity contribution in [2.45, 2.75) is 13.0 Å². The van der Waals surface area contributed by atoms with Crippen LogP contribution in [0.2, 0.25) is 5.02 Å². The van der Waals surface area contributed by atoms with E-state index in [2.05, 4.69) is 24.6 Å². The summed E-state index contributed by atoms with van der Waals surface area (Å²) in [7, 11) is 0. The first-order chi connectivity index (χ1) is 13.6. The Kier molecular flexibility index (Phi) is 5.40. The maximum absolute atomic E-state index is 12.7. The highest BCUT2D eigenvalue weighted by molar-refractivity contribution is 7.10. The van der Waals surface area contributed by atoms with Crippen LogP contribution in [0.15, 0.2) is 48.7 Å². The number of nitrogens with zero attached hydrogens (tertiary/aromatic N) is 5. The minimum Gasteiger partial charge on any atom is -0.352 e. The summed E-state index contributed by atoms with van der Waals surface area (Å²) >= 11 is 7.43. The topological polar surface area (TPSA) is 74.2 Å². The zero-order chi connectivity index (χ0) is 19.5. The smallest absolute Gasteiger partial charge is 0.324 e. The number of pyridine rings is 1. The number of benzene rings is 1. The number of piperazine rings is 1. The highest BCUT2D eigenvalue weighted by atomic mass is 35.5. The fourth-order valence-electron chi connectivity index (χ4n) is 3.20. The number of urea groups is 1. The molecule has 0 unspecified atom stereocenters. The van der Waals surface area contributed by atoms with Crippen LogP contribution in [0, 0.1) is 0 Å². The molecule has 1 N–H and O–H groups in total. The first-order valence-corrected chi connectivity index (χ1v) is 10.1. The molecule has 1 atom stereocenters. The van der Waals surface area contributed by atoms with E-state index in [1.54, 1.807) is 11.1 Å². The van der Waals surface area contributed by atoms with E-state index in [9.17, 15) is 4.79 Å². The third-order valence-corrected chi connectivity index (χ3v) is 5.52. The van der Waals surface area contributed by atoms with Gasteiger partial charge in [0.1, 0.15) is 5.82 Å². The average molecular weight is 415 g/mol. The molecule has 7 nitrogen and oxygen atoms in total. The second kappa shape index (κ2) is 8.12. The van der Waals surface area contributed by atoms with Gasteiger partial charge in [-0.1, -0.05) is 41.9 Å². The molecule has 0 radical (unpaired) electrons. The molecular formula is C19H19ClN6OS. The van der Waals surface area contributed by atoms with Crippen molar-refractivity contribution in [2.75, 3.05) is 29.9 Å². The summed E-state index contributed by atoms with van der Waals surface area (Å²) in [6, 6.07) is 13.2. The molecule has 0 bridgehead atoms. The quantitative estimate of drug-likeness (QED) is 0.701. The molecule has 3 aromatic rings. The van der Waals surface area contributed by atoms with Crippen LogP contribution in [0.4, 0.5) is 15.7 Å². The Morgan fingerprint density at radius 1 is 1.21 bits per heavy atom. The van der Waals surface area contributed by atoms with Crippen LogP contribution in [-0.4, -0.2) is 50.9 Å². The molecule has 1 aromatic carbocycles. The number of hydrogen-bond donors (Lipinski definition) is 1. The van der Waals surface area contributed by atoms with Crippen LogP contribution in [0.3, 0.4) is 0 Å².